The first-order chi connectivity index (χ1) is 10.6. The molecule has 1 amide bonds. The van der Waals surface area contributed by atoms with Gasteiger partial charge in [0.1, 0.15) is 18.2 Å². The average molecular weight is 305 g/mol. The maximum absolute atomic E-state index is 13.4. The van der Waals surface area contributed by atoms with Gasteiger partial charge in [-0.1, -0.05) is 36.4 Å². The molecule has 0 atom stereocenters. The van der Waals surface area contributed by atoms with Crippen molar-refractivity contribution < 1.29 is 23.1 Å². The molecule has 0 saturated carbocycles. The number of carbonyl (C=O) groups excluding carboxylic acids is 2. The topological polar surface area (TPSA) is 55.4 Å². The summed E-state index contributed by atoms with van der Waals surface area (Å²) < 4.78 is 31.7. The molecule has 2 aromatic rings. The van der Waals surface area contributed by atoms with Crippen LogP contribution in [-0.4, -0.2) is 18.4 Å². The summed E-state index contributed by atoms with van der Waals surface area (Å²) in [4.78, 5) is 23.2. The van der Waals surface area contributed by atoms with Crippen molar-refractivity contribution in [2.75, 3.05) is 6.54 Å². The van der Waals surface area contributed by atoms with Crippen molar-refractivity contribution in [2.45, 2.75) is 6.61 Å². The Bertz CT molecular complexity index is 654. The van der Waals surface area contributed by atoms with E-state index in [1.807, 2.05) is 6.07 Å². The van der Waals surface area contributed by atoms with Crippen molar-refractivity contribution in [3.05, 3.63) is 71.3 Å². The minimum atomic E-state index is -0.968. The van der Waals surface area contributed by atoms with E-state index < -0.39 is 35.6 Å². The summed E-state index contributed by atoms with van der Waals surface area (Å²) in [6, 6.07) is 12.1. The van der Waals surface area contributed by atoms with E-state index >= 15 is 0 Å². The van der Waals surface area contributed by atoms with Crippen molar-refractivity contribution in [1.29, 1.82) is 0 Å². The Morgan fingerprint density at radius 3 is 2.23 bits per heavy atom. The first-order valence-corrected chi connectivity index (χ1v) is 6.49. The van der Waals surface area contributed by atoms with Crippen LogP contribution < -0.4 is 5.32 Å². The zero-order valence-corrected chi connectivity index (χ0v) is 11.5. The Morgan fingerprint density at radius 2 is 1.59 bits per heavy atom. The van der Waals surface area contributed by atoms with Crippen LogP contribution in [0.2, 0.25) is 0 Å². The van der Waals surface area contributed by atoms with E-state index in [1.54, 1.807) is 24.3 Å². The number of rotatable bonds is 5. The van der Waals surface area contributed by atoms with Gasteiger partial charge in [-0.2, -0.15) is 0 Å². The number of amides is 1. The summed E-state index contributed by atoms with van der Waals surface area (Å²) >= 11 is 0. The van der Waals surface area contributed by atoms with Crippen molar-refractivity contribution in [3.8, 4) is 0 Å². The van der Waals surface area contributed by atoms with Gasteiger partial charge < -0.3 is 10.1 Å². The highest BCUT2D eigenvalue weighted by Gasteiger charge is 2.17. The third-order valence-corrected chi connectivity index (χ3v) is 2.85. The quantitative estimate of drug-likeness (QED) is 0.864. The van der Waals surface area contributed by atoms with Crippen LogP contribution >= 0.6 is 0 Å². The summed E-state index contributed by atoms with van der Waals surface area (Å²) in [5, 5.41) is 2.16. The van der Waals surface area contributed by atoms with Crippen LogP contribution in [0.5, 0.6) is 0 Å². The Labute approximate surface area is 125 Å². The smallest absolute Gasteiger partial charge is 0.407 e. The number of alkyl carbamates (subject to hydrolysis) is 1. The summed E-state index contributed by atoms with van der Waals surface area (Å²) in [7, 11) is 0. The second kappa shape index (κ2) is 7.31. The fourth-order valence-electron chi connectivity index (χ4n) is 1.78. The van der Waals surface area contributed by atoms with E-state index in [4.69, 9.17) is 4.74 Å². The van der Waals surface area contributed by atoms with Gasteiger partial charge in [0.05, 0.1) is 12.1 Å². The predicted molar refractivity (Wildman–Crippen MR) is 75.3 cm³/mol. The lowest BCUT2D eigenvalue weighted by Crippen LogP contribution is -2.30. The van der Waals surface area contributed by atoms with Crippen LogP contribution in [0.3, 0.4) is 0 Å². The van der Waals surface area contributed by atoms with E-state index in [2.05, 4.69) is 5.32 Å². The maximum atomic E-state index is 13.4. The number of hydrogen-bond donors (Lipinski definition) is 1. The third-order valence-electron chi connectivity index (χ3n) is 2.85. The minimum Gasteiger partial charge on any atom is -0.445 e. The highest BCUT2D eigenvalue weighted by Crippen LogP contribution is 2.12. The average Bonchev–Trinajstić information content (AvgIpc) is 2.52. The van der Waals surface area contributed by atoms with E-state index in [1.165, 1.54) is 0 Å². The summed E-state index contributed by atoms with van der Waals surface area (Å²) in [5.74, 6) is -2.80. The van der Waals surface area contributed by atoms with E-state index in [0.29, 0.717) is 0 Å². The molecule has 0 aromatic heterocycles. The largest absolute Gasteiger partial charge is 0.445 e. The van der Waals surface area contributed by atoms with Gasteiger partial charge in [0.25, 0.3) is 0 Å². The molecule has 0 aliphatic rings. The summed E-state index contributed by atoms with van der Waals surface area (Å²) in [6.45, 7) is -0.513. The number of carbonyl (C=O) groups is 2. The minimum absolute atomic E-state index is 0.0366. The molecule has 0 aliphatic carbocycles. The lowest BCUT2D eigenvalue weighted by Gasteiger charge is -2.07. The van der Waals surface area contributed by atoms with E-state index in [0.717, 1.165) is 23.8 Å². The molecule has 0 radical (unpaired) electrons. The van der Waals surface area contributed by atoms with Crippen molar-refractivity contribution in [3.63, 3.8) is 0 Å². The number of ether oxygens (including phenoxy) is 1. The van der Waals surface area contributed by atoms with Gasteiger partial charge >= 0.3 is 6.09 Å². The van der Waals surface area contributed by atoms with Crippen molar-refractivity contribution >= 4 is 11.9 Å². The standard InChI is InChI=1S/C16H13F2NO3/c17-12-7-4-8-13(18)15(12)14(20)9-19-16(21)22-10-11-5-2-1-3-6-11/h1-8H,9-10H2,(H,19,21). The maximum Gasteiger partial charge on any atom is 0.407 e. The highest BCUT2D eigenvalue weighted by molar-refractivity contribution is 5.99. The fraction of sp³-hybridized carbons (Fsp3) is 0.125. The normalized spacial score (nSPS) is 10.1. The zero-order valence-electron chi connectivity index (χ0n) is 11.5. The van der Waals surface area contributed by atoms with Gasteiger partial charge in [-0.05, 0) is 17.7 Å². The van der Waals surface area contributed by atoms with Gasteiger partial charge in [-0.25, -0.2) is 13.6 Å². The molecule has 22 heavy (non-hydrogen) atoms. The van der Waals surface area contributed by atoms with Crippen LogP contribution in [0.15, 0.2) is 48.5 Å². The number of hydrogen-bond acceptors (Lipinski definition) is 3. The molecule has 0 fully saturated rings. The van der Waals surface area contributed by atoms with Crippen LogP contribution in [0.4, 0.5) is 13.6 Å². The SMILES string of the molecule is O=C(NCC(=O)c1c(F)cccc1F)OCc1ccccc1. The molecular formula is C16H13F2NO3. The Balaban J connectivity index is 1.85. The second-order valence-electron chi connectivity index (χ2n) is 4.44. The molecule has 0 aliphatic heterocycles. The van der Waals surface area contributed by atoms with Crippen LogP contribution in [0, 0.1) is 11.6 Å². The molecule has 6 heteroatoms. The van der Waals surface area contributed by atoms with Crippen LogP contribution in [0.1, 0.15) is 15.9 Å². The molecule has 114 valence electrons. The van der Waals surface area contributed by atoms with Gasteiger partial charge in [0, 0.05) is 0 Å². The molecule has 4 nitrogen and oxygen atoms in total. The van der Waals surface area contributed by atoms with Crippen LogP contribution in [0.25, 0.3) is 0 Å². The predicted octanol–water partition coefficient (Wildman–Crippen LogP) is 3.07. The van der Waals surface area contributed by atoms with Crippen molar-refractivity contribution in [2.24, 2.45) is 0 Å². The molecular weight excluding hydrogens is 292 g/mol. The molecule has 0 spiro atoms. The lowest BCUT2D eigenvalue weighted by atomic mass is 10.1. The Hall–Kier alpha value is -2.76. The molecule has 0 unspecified atom stereocenters. The van der Waals surface area contributed by atoms with Crippen LogP contribution in [-0.2, 0) is 11.3 Å². The summed E-state index contributed by atoms with van der Waals surface area (Å²) in [6.07, 6.45) is -0.839. The van der Waals surface area contributed by atoms with E-state index in [-0.39, 0.29) is 6.61 Å². The summed E-state index contributed by atoms with van der Waals surface area (Å²) in [5.41, 5.74) is 0.106. The monoisotopic (exact) mass is 305 g/mol. The molecule has 2 aromatic carbocycles. The number of halogens is 2. The van der Waals surface area contributed by atoms with Gasteiger partial charge in [-0.3, -0.25) is 4.79 Å². The molecule has 2 rings (SSSR count). The third kappa shape index (κ3) is 4.12. The van der Waals surface area contributed by atoms with Gasteiger partial charge in [0.2, 0.25) is 0 Å². The first kappa shape index (κ1) is 15.6. The molecule has 0 saturated heterocycles. The molecule has 0 heterocycles. The molecule has 1 N–H and O–H groups in total. The second-order valence-corrected chi connectivity index (χ2v) is 4.44. The lowest BCUT2D eigenvalue weighted by molar-refractivity contribution is 0.0966. The number of benzene rings is 2. The Kier molecular flexibility index (Phi) is 5.19. The number of ketones is 1. The number of nitrogens with one attached hydrogen (secondary N) is 1. The van der Waals surface area contributed by atoms with E-state index in [9.17, 15) is 18.4 Å². The van der Waals surface area contributed by atoms with Gasteiger partial charge in [-0.15, -0.1) is 0 Å². The van der Waals surface area contributed by atoms with Gasteiger partial charge in [0.15, 0.2) is 5.78 Å². The first-order valence-electron chi connectivity index (χ1n) is 6.49. The fourth-order valence-corrected chi connectivity index (χ4v) is 1.78. The number of Topliss-reactive ketones (excluding diaryl/α,β-unsaturated/α-hetero) is 1. The highest BCUT2D eigenvalue weighted by atomic mass is 19.1. The molecule has 0 bridgehead atoms. The van der Waals surface area contributed by atoms with Crippen molar-refractivity contribution in [1.82, 2.24) is 5.32 Å². The Morgan fingerprint density at radius 1 is 0.955 bits per heavy atom. The zero-order chi connectivity index (χ0) is 15.9.